The van der Waals surface area contributed by atoms with Gasteiger partial charge in [0.1, 0.15) is 5.69 Å². The van der Waals surface area contributed by atoms with Crippen molar-refractivity contribution in [2.24, 2.45) is 0 Å². The Balaban J connectivity index is 2.39. The Morgan fingerprint density at radius 3 is 3.15 bits per heavy atom. The van der Waals surface area contributed by atoms with Gasteiger partial charge in [-0.15, -0.1) is 0 Å². The van der Waals surface area contributed by atoms with E-state index in [1.165, 1.54) is 0 Å². The van der Waals surface area contributed by atoms with Crippen LogP contribution >= 0.6 is 0 Å². The summed E-state index contributed by atoms with van der Waals surface area (Å²) in [7, 11) is 0. The summed E-state index contributed by atoms with van der Waals surface area (Å²) < 4.78 is 1.88. The standard InChI is InChI=1S/C9H12N2O2/c12-9(13)8-3-2-7-6-10-4-1-5-11(7)8/h2-3,10H,1,4-6H2,(H,12,13). The molecule has 0 saturated carbocycles. The molecule has 2 rings (SSSR count). The normalized spacial score (nSPS) is 16.3. The average molecular weight is 180 g/mol. The lowest BCUT2D eigenvalue weighted by atomic mass is 10.4. The third-order valence-electron chi connectivity index (χ3n) is 2.33. The Hall–Kier alpha value is -1.29. The summed E-state index contributed by atoms with van der Waals surface area (Å²) in [5.74, 6) is -0.840. The molecule has 1 aromatic rings. The number of nitrogens with zero attached hydrogens (tertiary/aromatic N) is 1. The maximum atomic E-state index is 10.8. The zero-order valence-electron chi connectivity index (χ0n) is 7.29. The Kier molecular flexibility index (Phi) is 2.06. The van der Waals surface area contributed by atoms with E-state index in [1.807, 2.05) is 10.6 Å². The summed E-state index contributed by atoms with van der Waals surface area (Å²) in [6, 6.07) is 3.55. The molecule has 0 amide bonds. The first kappa shape index (κ1) is 8.31. The number of carboxylic acids is 1. The predicted molar refractivity (Wildman–Crippen MR) is 47.7 cm³/mol. The van der Waals surface area contributed by atoms with Crippen LogP contribution in [0.1, 0.15) is 22.6 Å². The van der Waals surface area contributed by atoms with E-state index >= 15 is 0 Å². The quantitative estimate of drug-likeness (QED) is 0.668. The van der Waals surface area contributed by atoms with Crippen molar-refractivity contribution in [2.45, 2.75) is 19.5 Å². The molecule has 1 aliphatic heterocycles. The highest BCUT2D eigenvalue weighted by Crippen LogP contribution is 2.12. The van der Waals surface area contributed by atoms with Crippen molar-refractivity contribution in [2.75, 3.05) is 6.54 Å². The summed E-state index contributed by atoms with van der Waals surface area (Å²) in [4.78, 5) is 10.8. The van der Waals surface area contributed by atoms with Gasteiger partial charge >= 0.3 is 5.97 Å². The highest BCUT2D eigenvalue weighted by Gasteiger charge is 2.14. The van der Waals surface area contributed by atoms with Crippen LogP contribution in [-0.2, 0) is 13.1 Å². The van der Waals surface area contributed by atoms with Crippen molar-refractivity contribution in [1.29, 1.82) is 0 Å². The van der Waals surface area contributed by atoms with E-state index < -0.39 is 5.97 Å². The molecule has 2 heterocycles. The highest BCUT2D eigenvalue weighted by molar-refractivity contribution is 5.86. The fourth-order valence-corrected chi connectivity index (χ4v) is 1.69. The van der Waals surface area contributed by atoms with Gasteiger partial charge in [0.05, 0.1) is 0 Å². The van der Waals surface area contributed by atoms with E-state index in [1.54, 1.807) is 6.07 Å². The number of aromatic carboxylic acids is 1. The summed E-state index contributed by atoms with van der Waals surface area (Å²) in [5.41, 5.74) is 1.47. The van der Waals surface area contributed by atoms with Gasteiger partial charge in [0.15, 0.2) is 0 Å². The van der Waals surface area contributed by atoms with Gasteiger partial charge in [0.2, 0.25) is 0 Å². The van der Waals surface area contributed by atoms with Gasteiger partial charge in [-0.1, -0.05) is 0 Å². The molecule has 0 aliphatic carbocycles. The molecule has 70 valence electrons. The minimum Gasteiger partial charge on any atom is -0.477 e. The summed E-state index contributed by atoms with van der Waals surface area (Å²) in [6.07, 6.45) is 0.988. The highest BCUT2D eigenvalue weighted by atomic mass is 16.4. The summed E-state index contributed by atoms with van der Waals surface area (Å²) in [6.45, 7) is 2.53. The van der Waals surface area contributed by atoms with Crippen LogP contribution in [0, 0.1) is 0 Å². The molecular weight excluding hydrogens is 168 g/mol. The van der Waals surface area contributed by atoms with E-state index in [2.05, 4.69) is 5.32 Å². The maximum absolute atomic E-state index is 10.8. The Morgan fingerprint density at radius 1 is 1.54 bits per heavy atom. The topological polar surface area (TPSA) is 54.3 Å². The monoisotopic (exact) mass is 180 g/mol. The van der Waals surface area contributed by atoms with Crippen LogP contribution in [0.3, 0.4) is 0 Å². The van der Waals surface area contributed by atoms with E-state index in [-0.39, 0.29) is 0 Å². The molecule has 0 bridgehead atoms. The van der Waals surface area contributed by atoms with Gasteiger partial charge < -0.3 is 15.0 Å². The van der Waals surface area contributed by atoms with Crippen LogP contribution in [0.25, 0.3) is 0 Å². The Labute approximate surface area is 76.2 Å². The van der Waals surface area contributed by atoms with Crippen LogP contribution in [-0.4, -0.2) is 22.2 Å². The summed E-state index contributed by atoms with van der Waals surface area (Å²) in [5, 5.41) is 12.1. The number of hydrogen-bond acceptors (Lipinski definition) is 2. The smallest absolute Gasteiger partial charge is 0.352 e. The van der Waals surface area contributed by atoms with Crippen molar-refractivity contribution in [3.8, 4) is 0 Å². The first-order chi connectivity index (χ1) is 6.29. The third kappa shape index (κ3) is 1.45. The van der Waals surface area contributed by atoms with Crippen molar-refractivity contribution in [1.82, 2.24) is 9.88 Å². The van der Waals surface area contributed by atoms with Crippen LogP contribution < -0.4 is 5.32 Å². The Bertz CT molecular complexity index is 330. The molecule has 13 heavy (non-hydrogen) atoms. The first-order valence-electron chi connectivity index (χ1n) is 4.41. The average Bonchev–Trinajstić information content (AvgIpc) is 2.36. The lowest BCUT2D eigenvalue weighted by Gasteiger charge is -2.05. The number of rotatable bonds is 1. The Morgan fingerprint density at radius 2 is 2.38 bits per heavy atom. The molecule has 0 atom stereocenters. The number of aromatic nitrogens is 1. The van der Waals surface area contributed by atoms with Crippen molar-refractivity contribution in [3.05, 3.63) is 23.5 Å². The maximum Gasteiger partial charge on any atom is 0.352 e. The van der Waals surface area contributed by atoms with Gasteiger partial charge in [0, 0.05) is 18.8 Å². The van der Waals surface area contributed by atoms with E-state index in [4.69, 9.17) is 5.11 Å². The van der Waals surface area contributed by atoms with Crippen LogP contribution in [0.4, 0.5) is 0 Å². The van der Waals surface area contributed by atoms with Crippen molar-refractivity contribution in [3.63, 3.8) is 0 Å². The van der Waals surface area contributed by atoms with Gasteiger partial charge in [-0.2, -0.15) is 0 Å². The van der Waals surface area contributed by atoms with Gasteiger partial charge in [-0.25, -0.2) is 4.79 Å². The molecule has 4 nitrogen and oxygen atoms in total. The van der Waals surface area contributed by atoms with Gasteiger partial charge in [-0.05, 0) is 25.1 Å². The second-order valence-electron chi connectivity index (χ2n) is 3.20. The van der Waals surface area contributed by atoms with Crippen LogP contribution in [0.15, 0.2) is 12.1 Å². The molecule has 0 fully saturated rings. The van der Waals surface area contributed by atoms with Crippen molar-refractivity contribution < 1.29 is 9.90 Å². The third-order valence-corrected chi connectivity index (χ3v) is 2.33. The zero-order chi connectivity index (χ0) is 9.26. The SMILES string of the molecule is O=C(O)c1ccc2n1CCCNC2. The summed E-state index contributed by atoms with van der Waals surface area (Å²) >= 11 is 0. The van der Waals surface area contributed by atoms with Gasteiger partial charge in [-0.3, -0.25) is 0 Å². The molecule has 1 aliphatic rings. The van der Waals surface area contributed by atoms with Crippen LogP contribution in [0.5, 0.6) is 0 Å². The molecule has 1 aromatic heterocycles. The second-order valence-corrected chi connectivity index (χ2v) is 3.20. The molecule has 0 aromatic carbocycles. The predicted octanol–water partition coefficient (Wildman–Crippen LogP) is 0.680. The number of carbonyl (C=O) groups is 1. The lowest BCUT2D eigenvalue weighted by Crippen LogP contribution is -2.12. The number of hydrogen-bond donors (Lipinski definition) is 2. The zero-order valence-corrected chi connectivity index (χ0v) is 7.29. The fraction of sp³-hybridized carbons (Fsp3) is 0.444. The van der Waals surface area contributed by atoms with E-state index in [0.29, 0.717) is 5.69 Å². The molecule has 0 spiro atoms. The van der Waals surface area contributed by atoms with E-state index in [0.717, 1.165) is 31.7 Å². The first-order valence-corrected chi connectivity index (χ1v) is 4.41. The van der Waals surface area contributed by atoms with E-state index in [9.17, 15) is 4.79 Å². The largest absolute Gasteiger partial charge is 0.477 e. The fourth-order valence-electron chi connectivity index (χ4n) is 1.69. The molecular formula is C9H12N2O2. The molecule has 2 N–H and O–H groups in total. The van der Waals surface area contributed by atoms with Gasteiger partial charge in [0.25, 0.3) is 0 Å². The van der Waals surface area contributed by atoms with Crippen LogP contribution in [0.2, 0.25) is 0 Å². The number of fused-ring (bicyclic) bond motifs is 1. The minimum absolute atomic E-state index is 0.402. The molecule has 0 saturated heterocycles. The number of carboxylic acid groups (broad SMARTS) is 1. The van der Waals surface area contributed by atoms with Crippen molar-refractivity contribution >= 4 is 5.97 Å². The number of nitrogens with one attached hydrogen (secondary N) is 1. The molecule has 0 unspecified atom stereocenters. The second kappa shape index (κ2) is 3.22. The minimum atomic E-state index is -0.840. The molecule has 4 heteroatoms. The molecule has 0 radical (unpaired) electrons. The lowest BCUT2D eigenvalue weighted by molar-refractivity contribution is 0.0684.